The minimum absolute atomic E-state index is 0.161. The van der Waals surface area contributed by atoms with Crippen molar-refractivity contribution >= 4 is 0 Å². The molecule has 0 aromatic heterocycles. The lowest BCUT2D eigenvalue weighted by molar-refractivity contribution is -0.0531. The van der Waals surface area contributed by atoms with Gasteiger partial charge in [-0.1, -0.05) is 52.8 Å². The van der Waals surface area contributed by atoms with Crippen molar-refractivity contribution in [1.29, 1.82) is 0 Å². The van der Waals surface area contributed by atoms with Crippen LogP contribution in [0.3, 0.4) is 0 Å². The number of rotatable bonds is 10. The summed E-state index contributed by atoms with van der Waals surface area (Å²) >= 11 is 0. The molecule has 1 aromatic carbocycles. The van der Waals surface area contributed by atoms with Crippen molar-refractivity contribution in [2.75, 3.05) is 26.4 Å². The van der Waals surface area contributed by atoms with Crippen LogP contribution in [-0.2, 0) is 9.47 Å². The van der Waals surface area contributed by atoms with Gasteiger partial charge in [0.25, 0.3) is 0 Å². The summed E-state index contributed by atoms with van der Waals surface area (Å²) in [5, 5.41) is 0. The van der Waals surface area contributed by atoms with Crippen LogP contribution in [0, 0.1) is 10.8 Å². The Labute approximate surface area is 142 Å². The fourth-order valence-electron chi connectivity index (χ4n) is 2.86. The van der Waals surface area contributed by atoms with Gasteiger partial charge in [-0.05, 0) is 36.3 Å². The van der Waals surface area contributed by atoms with E-state index in [2.05, 4.69) is 41.5 Å². The Bertz CT molecular complexity index is 420. The van der Waals surface area contributed by atoms with Gasteiger partial charge in [0.1, 0.15) is 12.4 Å². The second-order valence-electron chi connectivity index (χ2n) is 8.01. The second-order valence-corrected chi connectivity index (χ2v) is 8.01. The maximum Gasteiger partial charge on any atom is 0.119 e. The average molecular weight is 322 g/mol. The molecule has 0 heterocycles. The lowest BCUT2D eigenvalue weighted by Crippen LogP contribution is -2.34. The van der Waals surface area contributed by atoms with E-state index in [1.807, 2.05) is 30.3 Å². The van der Waals surface area contributed by atoms with E-state index in [1.54, 1.807) is 0 Å². The standard InChI is InChI=1S/C20H34O3/c1-17(20(5,6)16-19(2,3)4)22-14-12-21-13-15-23-18-10-8-7-9-11-18/h7-11,17H,12-16H2,1-6H3. The zero-order chi connectivity index (χ0) is 17.3. The van der Waals surface area contributed by atoms with Gasteiger partial charge < -0.3 is 14.2 Å². The average Bonchev–Trinajstić information content (AvgIpc) is 2.44. The van der Waals surface area contributed by atoms with Crippen molar-refractivity contribution in [2.45, 2.75) is 54.1 Å². The molecule has 0 saturated carbocycles. The van der Waals surface area contributed by atoms with Gasteiger partial charge in [0.2, 0.25) is 0 Å². The molecule has 0 radical (unpaired) electrons. The van der Waals surface area contributed by atoms with Crippen LogP contribution in [0.2, 0.25) is 0 Å². The summed E-state index contributed by atoms with van der Waals surface area (Å²) < 4.78 is 17.1. The fraction of sp³-hybridized carbons (Fsp3) is 0.700. The summed E-state index contributed by atoms with van der Waals surface area (Å²) in [5.41, 5.74) is 0.473. The molecule has 0 aliphatic heterocycles. The Hall–Kier alpha value is -1.06. The summed E-state index contributed by atoms with van der Waals surface area (Å²) in [6.45, 7) is 15.9. The summed E-state index contributed by atoms with van der Waals surface area (Å²) in [6, 6.07) is 9.79. The minimum atomic E-state index is 0.161. The van der Waals surface area contributed by atoms with Gasteiger partial charge in [-0.3, -0.25) is 0 Å². The number of ether oxygens (including phenoxy) is 3. The van der Waals surface area contributed by atoms with E-state index in [0.29, 0.717) is 31.8 Å². The largest absolute Gasteiger partial charge is 0.491 e. The monoisotopic (exact) mass is 322 g/mol. The highest BCUT2D eigenvalue weighted by Gasteiger charge is 2.31. The van der Waals surface area contributed by atoms with E-state index >= 15 is 0 Å². The highest BCUT2D eigenvalue weighted by molar-refractivity contribution is 5.20. The van der Waals surface area contributed by atoms with Crippen LogP contribution >= 0.6 is 0 Å². The third kappa shape index (κ3) is 8.97. The van der Waals surface area contributed by atoms with Crippen LogP contribution in [0.15, 0.2) is 30.3 Å². The predicted octanol–water partition coefficient (Wildman–Crippen LogP) is 4.95. The van der Waals surface area contributed by atoms with Crippen molar-refractivity contribution < 1.29 is 14.2 Å². The molecular formula is C20H34O3. The third-order valence-corrected chi connectivity index (χ3v) is 3.92. The molecular weight excluding hydrogens is 288 g/mol. The van der Waals surface area contributed by atoms with Gasteiger partial charge in [0.05, 0.1) is 25.9 Å². The molecule has 0 amide bonds. The SMILES string of the molecule is CC(OCCOCCOc1ccccc1)C(C)(C)CC(C)(C)C. The molecule has 0 bridgehead atoms. The van der Waals surface area contributed by atoms with Crippen LogP contribution in [0.5, 0.6) is 5.75 Å². The van der Waals surface area contributed by atoms with Crippen molar-refractivity contribution in [3.8, 4) is 5.75 Å². The molecule has 0 N–H and O–H groups in total. The summed E-state index contributed by atoms with van der Waals surface area (Å²) in [4.78, 5) is 0. The number of hydrogen-bond acceptors (Lipinski definition) is 3. The van der Waals surface area contributed by atoms with Gasteiger partial charge in [-0.2, -0.15) is 0 Å². The fourth-order valence-corrected chi connectivity index (χ4v) is 2.86. The number of para-hydroxylation sites is 1. The first-order chi connectivity index (χ1) is 10.7. The van der Waals surface area contributed by atoms with Crippen molar-refractivity contribution in [3.63, 3.8) is 0 Å². The van der Waals surface area contributed by atoms with Crippen molar-refractivity contribution in [1.82, 2.24) is 0 Å². The van der Waals surface area contributed by atoms with E-state index in [-0.39, 0.29) is 11.5 Å². The smallest absolute Gasteiger partial charge is 0.119 e. The molecule has 132 valence electrons. The normalized spacial score (nSPS) is 13.8. The van der Waals surface area contributed by atoms with Crippen molar-refractivity contribution in [3.05, 3.63) is 30.3 Å². The van der Waals surface area contributed by atoms with E-state index in [4.69, 9.17) is 14.2 Å². The first-order valence-electron chi connectivity index (χ1n) is 8.58. The maximum absolute atomic E-state index is 5.95. The predicted molar refractivity (Wildman–Crippen MR) is 96.0 cm³/mol. The highest BCUT2D eigenvalue weighted by atomic mass is 16.5. The Kier molecular flexibility index (Phi) is 8.07. The van der Waals surface area contributed by atoms with Gasteiger partial charge >= 0.3 is 0 Å². The molecule has 0 spiro atoms. The molecule has 3 nitrogen and oxygen atoms in total. The molecule has 1 aromatic rings. The Balaban J connectivity index is 2.10. The number of hydrogen-bond donors (Lipinski definition) is 0. The Morgan fingerprint density at radius 1 is 0.870 bits per heavy atom. The second kappa shape index (κ2) is 9.29. The van der Waals surface area contributed by atoms with Gasteiger partial charge in [-0.15, -0.1) is 0 Å². The van der Waals surface area contributed by atoms with E-state index < -0.39 is 0 Å². The van der Waals surface area contributed by atoms with E-state index in [1.165, 1.54) is 0 Å². The third-order valence-electron chi connectivity index (χ3n) is 3.92. The van der Waals surface area contributed by atoms with Gasteiger partial charge in [0, 0.05) is 0 Å². The van der Waals surface area contributed by atoms with Crippen molar-refractivity contribution in [2.24, 2.45) is 10.8 Å². The van der Waals surface area contributed by atoms with Gasteiger partial charge in [-0.25, -0.2) is 0 Å². The van der Waals surface area contributed by atoms with E-state index in [9.17, 15) is 0 Å². The summed E-state index contributed by atoms with van der Waals surface area (Å²) in [7, 11) is 0. The van der Waals surface area contributed by atoms with Crippen LogP contribution < -0.4 is 4.74 Å². The zero-order valence-electron chi connectivity index (χ0n) is 15.7. The lowest BCUT2D eigenvalue weighted by atomic mass is 9.73. The Morgan fingerprint density at radius 3 is 2.09 bits per heavy atom. The summed E-state index contributed by atoms with van der Waals surface area (Å²) in [6.07, 6.45) is 1.35. The Morgan fingerprint density at radius 2 is 1.48 bits per heavy atom. The molecule has 0 aliphatic carbocycles. The van der Waals surface area contributed by atoms with Crippen LogP contribution in [-0.4, -0.2) is 32.5 Å². The highest BCUT2D eigenvalue weighted by Crippen LogP contribution is 2.36. The molecule has 0 fully saturated rings. The molecule has 23 heavy (non-hydrogen) atoms. The lowest BCUT2D eigenvalue weighted by Gasteiger charge is -2.37. The molecule has 0 saturated heterocycles. The molecule has 1 rings (SSSR count). The molecule has 0 aliphatic rings. The van der Waals surface area contributed by atoms with Crippen LogP contribution in [0.1, 0.15) is 48.0 Å². The first-order valence-corrected chi connectivity index (χ1v) is 8.58. The summed E-state index contributed by atoms with van der Waals surface area (Å²) in [5.74, 6) is 0.880. The quantitative estimate of drug-likeness (QED) is 0.570. The number of benzene rings is 1. The van der Waals surface area contributed by atoms with Crippen LogP contribution in [0.25, 0.3) is 0 Å². The van der Waals surface area contributed by atoms with E-state index in [0.717, 1.165) is 12.2 Å². The van der Waals surface area contributed by atoms with Gasteiger partial charge in [0.15, 0.2) is 0 Å². The topological polar surface area (TPSA) is 27.7 Å². The first kappa shape index (κ1) is 20.0. The van der Waals surface area contributed by atoms with Crippen LogP contribution in [0.4, 0.5) is 0 Å². The molecule has 1 unspecified atom stereocenters. The maximum atomic E-state index is 5.95. The minimum Gasteiger partial charge on any atom is -0.491 e. The molecule has 3 heteroatoms. The molecule has 1 atom stereocenters. The zero-order valence-corrected chi connectivity index (χ0v) is 15.7.